The lowest BCUT2D eigenvalue weighted by atomic mass is 9.98. The Morgan fingerprint density at radius 2 is 1.62 bits per heavy atom. The van der Waals surface area contributed by atoms with Crippen molar-refractivity contribution in [2.24, 2.45) is 0 Å². The van der Waals surface area contributed by atoms with Crippen molar-refractivity contribution in [2.75, 3.05) is 13.2 Å². The van der Waals surface area contributed by atoms with Gasteiger partial charge in [0.15, 0.2) is 0 Å². The van der Waals surface area contributed by atoms with E-state index in [1.807, 2.05) is 48.5 Å². The van der Waals surface area contributed by atoms with Crippen LogP contribution in [-0.2, 0) is 14.3 Å². The molecule has 0 saturated heterocycles. The molecule has 0 aromatic heterocycles. The minimum atomic E-state index is -1.41. The predicted octanol–water partition coefficient (Wildman–Crippen LogP) is 2.65. The first-order valence-electron chi connectivity index (χ1n) is 10.6. The van der Waals surface area contributed by atoms with E-state index in [1.165, 1.54) is 6.92 Å². The third-order valence-corrected chi connectivity index (χ3v) is 5.84. The van der Waals surface area contributed by atoms with E-state index in [1.54, 1.807) is 6.92 Å². The van der Waals surface area contributed by atoms with Crippen LogP contribution in [0.5, 0.6) is 0 Å². The van der Waals surface area contributed by atoms with E-state index in [0.29, 0.717) is 0 Å². The molecule has 0 fully saturated rings. The van der Waals surface area contributed by atoms with E-state index in [4.69, 9.17) is 4.74 Å². The largest absolute Gasteiger partial charge is 0.480 e. The summed E-state index contributed by atoms with van der Waals surface area (Å²) in [5.74, 6) is -1.84. The Bertz CT molecular complexity index is 962. The number of amides is 2. The lowest BCUT2D eigenvalue weighted by Crippen LogP contribution is -2.52. The van der Waals surface area contributed by atoms with E-state index in [0.717, 1.165) is 22.3 Å². The molecule has 4 N–H and O–H groups in total. The van der Waals surface area contributed by atoms with E-state index in [-0.39, 0.29) is 31.9 Å². The Morgan fingerprint density at radius 3 is 2.16 bits per heavy atom. The normalized spacial score (nSPS) is 15.1. The number of benzene rings is 2. The lowest BCUT2D eigenvalue weighted by molar-refractivity contribution is -0.147. The van der Waals surface area contributed by atoms with E-state index >= 15 is 0 Å². The topological polar surface area (TPSA) is 125 Å². The standard InChI is InChI=1S/C24H28N2O6/c1-3-24(2,22(29)30)26-21(28)12-15(27)13-25-23(31)32-14-20-18-10-6-4-8-16(18)17-9-5-7-11-19(17)20/h4-11,15,20,27H,3,12-14H2,1-2H3,(H,25,31)(H,26,28)(H,29,30). The minimum Gasteiger partial charge on any atom is -0.480 e. The van der Waals surface area contributed by atoms with Crippen molar-refractivity contribution in [1.29, 1.82) is 0 Å². The number of aliphatic hydroxyl groups excluding tert-OH is 1. The van der Waals surface area contributed by atoms with Gasteiger partial charge in [0, 0.05) is 12.5 Å². The van der Waals surface area contributed by atoms with Crippen LogP contribution in [0, 0.1) is 0 Å². The van der Waals surface area contributed by atoms with Crippen LogP contribution in [0.4, 0.5) is 4.79 Å². The minimum absolute atomic E-state index is 0.0772. The molecule has 0 saturated carbocycles. The molecule has 0 heterocycles. The van der Waals surface area contributed by atoms with Crippen molar-refractivity contribution < 1.29 is 29.3 Å². The molecule has 0 radical (unpaired) electrons. The first-order chi connectivity index (χ1) is 15.2. The number of hydrogen-bond donors (Lipinski definition) is 4. The molecular weight excluding hydrogens is 412 g/mol. The third kappa shape index (κ3) is 5.08. The fourth-order valence-electron chi connectivity index (χ4n) is 3.79. The molecule has 32 heavy (non-hydrogen) atoms. The van der Waals surface area contributed by atoms with Gasteiger partial charge in [0.1, 0.15) is 12.1 Å². The number of nitrogens with one attached hydrogen (secondary N) is 2. The molecule has 0 bridgehead atoms. The van der Waals surface area contributed by atoms with E-state index < -0.39 is 29.6 Å². The van der Waals surface area contributed by atoms with Crippen LogP contribution < -0.4 is 10.6 Å². The van der Waals surface area contributed by atoms with Crippen molar-refractivity contribution >= 4 is 18.0 Å². The van der Waals surface area contributed by atoms with Gasteiger partial charge in [-0.15, -0.1) is 0 Å². The van der Waals surface area contributed by atoms with Gasteiger partial charge in [0.05, 0.1) is 12.5 Å². The zero-order chi connectivity index (χ0) is 23.3. The highest BCUT2D eigenvalue weighted by Crippen LogP contribution is 2.44. The number of carbonyl (C=O) groups is 3. The molecule has 8 heteroatoms. The van der Waals surface area contributed by atoms with Crippen LogP contribution in [0.15, 0.2) is 48.5 Å². The Labute approximate surface area is 186 Å². The number of rotatable bonds is 9. The molecule has 3 rings (SSSR count). The Kier molecular flexibility index (Phi) is 7.15. The number of aliphatic carboxylic acids is 1. The zero-order valence-electron chi connectivity index (χ0n) is 18.1. The fraction of sp³-hybridized carbons (Fsp3) is 0.375. The molecule has 0 spiro atoms. The van der Waals surface area contributed by atoms with Crippen LogP contribution in [0.3, 0.4) is 0 Å². The summed E-state index contributed by atoms with van der Waals surface area (Å²) in [4.78, 5) is 35.5. The maximum atomic E-state index is 12.2. The summed E-state index contributed by atoms with van der Waals surface area (Å²) in [6.07, 6.45) is -2.02. The van der Waals surface area contributed by atoms with Gasteiger partial charge >= 0.3 is 12.1 Å². The SMILES string of the molecule is CCC(C)(NC(=O)CC(O)CNC(=O)OCC1c2ccccc2-c2ccccc21)C(=O)O. The van der Waals surface area contributed by atoms with Crippen molar-refractivity contribution in [2.45, 2.75) is 44.2 Å². The van der Waals surface area contributed by atoms with E-state index in [2.05, 4.69) is 10.6 Å². The van der Waals surface area contributed by atoms with Crippen molar-refractivity contribution in [3.05, 3.63) is 59.7 Å². The molecule has 2 aromatic rings. The van der Waals surface area contributed by atoms with Gasteiger partial charge in [-0.3, -0.25) is 4.79 Å². The molecule has 2 amide bonds. The summed E-state index contributed by atoms with van der Waals surface area (Å²) in [5, 5.41) is 24.1. The Balaban J connectivity index is 1.49. The number of carboxylic acids is 1. The number of aliphatic hydroxyl groups is 1. The number of hydrogen-bond acceptors (Lipinski definition) is 5. The smallest absolute Gasteiger partial charge is 0.407 e. The molecule has 0 aliphatic heterocycles. The van der Waals surface area contributed by atoms with Crippen molar-refractivity contribution in [3.63, 3.8) is 0 Å². The van der Waals surface area contributed by atoms with Gasteiger partial charge in [-0.1, -0.05) is 55.5 Å². The van der Waals surface area contributed by atoms with Gasteiger partial charge in [-0.05, 0) is 35.6 Å². The second kappa shape index (κ2) is 9.82. The summed E-state index contributed by atoms with van der Waals surface area (Å²) >= 11 is 0. The van der Waals surface area contributed by atoms with Gasteiger partial charge in [0.25, 0.3) is 0 Å². The summed E-state index contributed by atoms with van der Waals surface area (Å²) in [5.41, 5.74) is 3.03. The molecule has 1 aliphatic rings. The number of carbonyl (C=O) groups excluding carboxylic acids is 2. The number of carboxylic acid groups (broad SMARTS) is 1. The summed E-state index contributed by atoms with van der Waals surface area (Å²) < 4.78 is 5.39. The molecule has 2 aromatic carbocycles. The number of ether oxygens (including phenoxy) is 1. The maximum Gasteiger partial charge on any atom is 0.407 e. The molecular formula is C24H28N2O6. The predicted molar refractivity (Wildman–Crippen MR) is 118 cm³/mol. The highest BCUT2D eigenvalue weighted by Gasteiger charge is 2.33. The van der Waals surface area contributed by atoms with Gasteiger partial charge < -0.3 is 25.6 Å². The van der Waals surface area contributed by atoms with Gasteiger partial charge in [-0.2, -0.15) is 0 Å². The average Bonchev–Trinajstić information content (AvgIpc) is 3.09. The fourth-order valence-corrected chi connectivity index (χ4v) is 3.79. The Morgan fingerprint density at radius 1 is 1.06 bits per heavy atom. The maximum absolute atomic E-state index is 12.2. The molecule has 1 aliphatic carbocycles. The Hall–Kier alpha value is -3.39. The summed E-state index contributed by atoms with van der Waals surface area (Å²) in [6.45, 7) is 2.99. The highest BCUT2D eigenvalue weighted by atomic mass is 16.5. The molecule has 2 atom stereocenters. The first kappa shape index (κ1) is 23.3. The molecule has 8 nitrogen and oxygen atoms in total. The van der Waals surface area contributed by atoms with Crippen LogP contribution >= 0.6 is 0 Å². The monoisotopic (exact) mass is 440 g/mol. The van der Waals surface area contributed by atoms with Crippen LogP contribution in [-0.4, -0.2) is 53.0 Å². The van der Waals surface area contributed by atoms with Crippen LogP contribution in [0.1, 0.15) is 43.7 Å². The quantitative estimate of drug-likeness (QED) is 0.475. The first-order valence-corrected chi connectivity index (χ1v) is 10.6. The van der Waals surface area contributed by atoms with Crippen LogP contribution in [0.25, 0.3) is 11.1 Å². The summed E-state index contributed by atoms with van der Waals surface area (Å²) in [6, 6.07) is 16.0. The van der Waals surface area contributed by atoms with E-state index in [9.17, 15) is 24.6 Å². The lowest BCUT2D eigenvalue weighted by Gasteiger charge is -2.25. The molecule has 170 valence electrons. The number of alkyl carbamates (subject to hydrolysis) is 1. The zero-order valence-corrected chi connectivity index (χ0v) is 18.1. The van der Waals surface area contributed by atoms with Crippen molar-refractivity contribution in [1.82, 2.24) is 10.6 Å². The summed E-state index contributed by atoms with van der Waals surface area (Å²) in [7, 11) is 0. The third-order valence-electron chi connectivity index (χ3n) is 5.84. The highest BCUT2D eigenvalue weighted by molar-refractivity contribution is 5.86. The van der Waals surface area contributed by atoms with Crippen molar-refractivity contribution in [3.8, 4) is 11.1 Å². The van der Waals surface area contributed by atoms with Gasteiger partial charge in [0.2, 0.25) is 5.91 Å². The average molecular weight is 440 g/mol. The second-order valence-electron chi connectivity index (χ2n) is 8.10. The second-order valence-corrected chi connectivity index (χ2v) is 8.10. The van der Waals surface area contributed by atoms with Gasteiger partial charge in [-0.25, -0.2) is 9.59 Å². The molecule has 2 unspecified atom stereocenters. The van der Waals surface area contributed by atoms with Crippen LogP contribution in [0.2, 0.25) is 0 Å². The number of fused-ring (bicyclic) bond motifs is 3.